The molecule has 0 unspecified atom stereocenters. The van der Waals surface area contributed by atoms with Crippen LogP contribution in [0.3, 0.4) is 0 Å². The highest BCUT2D eigenvalue weighted by Crippen LogP contribution is 2.22. The van der Waals surface area contributed by atoms with Gasteiger partial charge in [-0.1, -0.05) is 36.4 Å². The van der Waals surface area contributed by atoms with E-state index in [1.54, 1.807) is 19.1 Å². The first-order chi connectivity index (χ1) is 13.9. The number of aryl methyl sites for hydroxylation is 2. The number of carboxylic acid groups (broad SMARTS) is 1. The Hall–Kier alpha value is -3.15. The molecule has 3 rings (SSSR count). The van der Waals surface area contributed by atoms with Crippen LogP contribution in [0.4, 0.5) is 5.69 Å². The predicted molar refractivity (Wildman–Crippen MR) is 111 cm³/mol. The van der Waals surface area contributed by atoms with Crippen LogP contribution in [0.25, 0.3) is 0 Å². The molecule has 2 aromatic rings. The van der Waals surface area contributed by atoms with Gasteiger partial charge in [-0.2, -0.15) is 0 Å². The molecule has 0 aliphatic carbocycles. The summed E-state index contributed by atoms with van der Waals surface area (Å²) >= 11 is 0. The molecule has 29 heavy (non-hydrogen) atoms. The number of carboxylic acids is 1. The molecular formula is C23H26N2O4. The number of carbonyl (C=O) groups is 3. The lowest BCUT2D eigenvalue weighted by atomic mass is 9.95. The molecule has 0 radical (unpaired) electrons. The molecule has 0 aromatic heterocycles. The van der Waals surface area contributed by atoms with Crippen LogP contribution < -0.4 is 5.32 Å². The fraction of sp³-hybridized carbons (Fsp3) is 0.348. The second-order valence-electron chi connectivity index (χ2n) is 7.46. The van der Waals surface area contributed by atoms with E-state index in [0.29, 0.717) is 43.6 Å². The molecule has 6 heteroatoms. The molecule has 6 nitrogen and oxygen atoms in total. The van der Waals surface area contributed by atoms with Crippen molar-refractivity contribution in [2.75, 3.05) is 18.4 Å². The summed E-state index contributed by atoms with van der Waals surface area (Å²) in [5.74, 6) is -1.19. The fourth-order valence-corrected chi connectivity index (χ4v) is 3.62. The fourth-order valence-electron chi connectivity index (χ4n) is 3.62. The maximum absolute atomic E-state index is 12.6. The molecule has 1 fully saturated rings. The van der Waals surface area contributed by atoms with Gasteiger partial charge in [0.15, 0.2) is 0 Å². The highest BCUT2D eigenvalue weighted by atomic mass is 16.4. The Bertz CT molecular complexity index is 887. The first-order valence-corrected chi connectivity index (χ1v) is 9.90. The summed E-state index contributed by atoms with van der Waals surface area (Å²) in [4.78, 5) is 38.1. The van der Waals surface area contributed by atoms with Crippen LogP contribution in [-0.2, 0) is 16.0 Å². The number of rotatable bonds is 6. The standard InChI is InChI=1S/C23H26N2O4/c1-16-7-9-19(15-20(16)23(28)29)24-22(27)18-11-13-25(14-12-18)21(26)10-8-17-5-3-2-4-6-17/h2-7,9,15,18H,8,10-14H2,1H3,(H,24,27)(H,28,29). The van der Waals surface area contributed by atoms with E-state index >= 15 is 0 Å². The van der Waals surface area contributed by atoms with Crippen LogP contribution in [0.5, 0.6) is 0 Å². The topological polar surface area (TPSA) is 86.7 Å². The lowest BCUT2D eigenvalue weighted by Crippen LogP contribution is -2.41. The summed E-state index contributed by atoms with van der Waals surface area (Å²) in [6.07, 6.45) is 2.42. The minimum absolute atomic E-state index is 0.123. The zero-order chi connectivity index (χ0) is 20.8. The molecule has 1 saturated heterocycles. The van der Waals surface area contributed by atoms with Gasteiger partial charge in [-0.3, -0.25) is 9.59 Å². The summed E-state index contributed by atoms with van der Waals surface area (Å²) in [5.41, 5.74) is 2.47. The van der Waals surface area contributed by atoms with E-state index in [1.165, 1.54) is 6.07 Å². The first-order valence-electron chi connectivity index (χ1n) is 9.90. The Morgan fingerprint density at radius 1 is 1.07 bits per heavy atom. The molecule has 1 aliphatic rings. The van der Waals surface area contributed by atoms with Crippen molar-refractivity contribution >= 4 is 23.5 Å². The van der Waals surface area contributed by atoms with Gasteiger partial charge in [0.1, 0.15) is 0 Å². The Labute approximate surface area is 170 Å². The van der Waals surface area contributed by atoms with Crippen LogP contribution >= 0.6 is 0 Å². The van der Waals surface area contributed by atoms with E-state index in [4.69, 9.17) is 0 Å². The van der Waals surface area contributed by atoms with Gasteiger partial charge in [0, 0.05) is 31.1 Å². The Morgan fingerprint density at radius 3 is 2.41 bits per heavy atom. The van der Waals surface area contributed by atoms with Gasteiger partial charge in [0.05, 0.1) is 5.56 Å². The molecule has 0 saturated carbocycles. The minimum atomic E-state index is -1.01. The lowest BCUT2D eigenvalue weighted by molar-refractivity contribution is -0.134. The van der Waals surface area contributed by atoms with E-state index in [-0.39, 0.29) is 23.3 Å². The van der Waals surface area contributed by atoms with Gasteiger partial charge in [-0.05, 0) is 49.4 Å². The van der Waals surface area contributed by atoms with Crippen molar-refractivity contribution in [3.8, 4) is 0 Å². The van der Waals surface area contributed by atoms with Crippen LogP contribution in [0.2, 0.25) is 0 Å². The number of benzene rings is 2. The number of nitrogens with zero attached hydrogens (tertiary/aromatic N) is 1. The number of hydrogen-bond acceptors (Lipinski definition) is 3. The second-order valence-corrected chi connectivity index (χ2v) is 7.46. The van der Waals surface area contributed by atoms with Crippen LogP contribution in [0.15, 0.2) is 48.5 Å². The molecule has 1 aliphatic heterocycles. The zero-order valence-corrected chi connectivity index (χ0v) is 16.6. The third-order valence-corrected chi connectivity index (χ3v) is 5.42. The number of amides is 2. The molecule has 0 atom stereocenters. The highest BCUT2D eigenvalue weighted by molar-refractivity contribution is 5.95. The lowest BCUT2D eigenvalue weighted by Gasteiger charge is -2.31. The monoisotopic (exact) mass is 394 g/mol. The van der Waals surface area contributed by atoms with Crippen molar-refractivity contribution in [2.24, 2.45) is 5.92 Å². The van der Waals surface area contributed by atoms with Crippen LogP contribution in [-0.4, -0.2) is 40.9 Å². The van der Waals surface area contributed by atoms with Crippen molar-refractivity contribution in [3.05, 3.63) is 65.2 Å². The number of nitrogens with one attached hydrogen (secondary N) is 1. The summed E-state index contributed by atoms with van der Waals surface area (Å²) in [7, 11) is 0. The number of hydrogen-bond donors (Lipinski definition) is 2. The Kier molecular flexibility index (Phi) is 6.65. The highest BCUT2D eigenvalue weighted by Gasteiger charge is 2.27. The minimum Gasteiger partial charge on any atom is -0.478 e. The van der Waals surface area contributed by atoms with E-state index in [2.05, 4.69) is 5.32 Å². The Balaban J connectivity index is 1.48. The van der Waals surface area contributed by atoms with E-state index in [0.717, 1.165) is 12.0 Å². The van der Waals surface area contributed by atoms with Gasteiger partial charge in [-0.25, -0.2) is 4.79 Å². The summed E-state index contributed by atoms with van der Waals surface area (Å²) in [6, 6.07) is 14.8. The van der Waals surface area contributed by atoms with E-state index in [9.17, 15) is 19.5 Å². The van der Waals surface area contributed by atoms with Gasteiger partial charge < -0.3 is 15.3 Å². The average molecular weight is 394 g/mol. The molecule has 152 valence electrons. The van der Waals surface area contributed by atoms with Crippen LogP contribution in [0, 0.1) is 12.8 Å². The quantitative estimate of drug-likeness (QED) is 0.785. The molecular weight excluding hydrogens is 368 g/mol. The smallest absolute Gasteiger partial charge is 0.336 e. The van der Waals surface area contributed by atoms with Crippen molar-refractivity contribution < 1.29 is 19.5 Å². The number of likely N-dealkylation sites (tertiary alicyclic amines) is 1. The summed E-state index contributed by atoms with van der Waals surface area (Å²) < 4.78 is 0. The van der Waals surface area contributed by atoms with Crippen molar-refractivity contribution in [3.63, 3.8) is 0 Å². The molecule has 0 spiro atoms. The largest absolute Gasteiger partial charge is 0.478 e. The third kappa shape index (κ3) is 5.44. The van der Waals surface area contributed by atoms with Crippen LogP contribution in [0.1, 0.15) is 40.7 Å². The SMILES string of the molecule is Cc1ccc(NC(=O)C2CCN(C(=O)CCc3ccccc3)CC2)cc1C(=O)O. The first kappa shape index (κ1) is 20.6. The summed E-state index contributed by atoms with van der Waals surface area (Å²) in [5, 5.41) is 12.0. The van der Waals surface area contributed by atoms with E-state index < -0.39 is 5.97 Å². The molecule has 2 amide bonds. The maximum Gasteiger partial charge on any atom is 0.336 e. The third-order valence-electron chi connectivity index (χ3n) is 5.42. The molecule has 2 N–H and O–H groups in total. The number of carbonyl (C=O) groups excluding carboxylic acids is 2. The van der Waals surface area contributed by atoms with Crippen molar-refractivity contribution in [1.82, 2.24) is 4.90 Å². The van der Waals surface area contributed by atoms with Gasteiger partial charge >= 0.3 is 5.97 Å². The van der Waals surface area contributed by atoms with Crippen molar-refractivity contribution in [2.45, 2.75) is 32.6 Å². The molecule has 0 bridgehead atoms. The number of anilines is 1. The average Bonchev–Trinajstić information content (AvgIpc) is 2.74. The maximum atomic E-state index is 12.6. The van der Waals surface area contributed by atoms with Gasteiger partial charge in [0.2, 0.25) is 11.8 Å². The second kappa shape index (κ2) is 9.37. The number of piperidine rings is 1. The number of aromatic carboxylic acids is 1. The normalized spacial score (nSPS) is 14.4. The molecule has 1 heterocycles. The van der Waals surface area contributed by atoms with Gasteiger partial charge in [-0.15, -0.1) is 0 Å². The van der Waals surface area contributed by atoms with E-state index in [1.807, 2.05) is 35.2 Å². The molecule has 2 aromatic carbocycles. The summed E-state index contributed by atoms with van der Waals surface area (Å²) in [6.45, 7) is 2.86. The van der Waals surface area contributed by atoms with Gasteiger partial charge in [0.25, 0.3) is 0 Å². The van der Waals surface area contributed by atoms with Crippen molar-refractivity contribution in [1.29, 1.82) is 0 Å². The Morgan fingerprint density at radius 2 is 1.76 bits per heavy atom. The predicted octanol–water partition coefficient (Wildman–Crippen LogP) is 3.50. The zero-order valence-electron chi connectivity index (χ0n) is 16.6.